The van der Waals surface area contributed by atoms with Gasteiger partial charge in [-0.05, 0) is 216 Å². The molecule has 14 heteroatoms. The number of hydrogen-bond acceptors (Lipinski definition) is 11. The van der Waals surface area contributed by atoms with E-state index >= 15 is 0 Å². The van der Waals surface area contributed by atoms with Crippen LogP contribution < -0.4 is 37.9 Å². The number of rotatable bonds is 18. The molecule has 0 saturated heterocycles. The molecule has 9 aromatic rings. The molecule has 3 fully saturated rings. The third-order valence-corrected chi connectivity index (χ3v) is 18.8. The van der Waals surface area contributed by atoms with Crippen molar-refractivity contribution in [1.82, 2.24) is 0 Å². The Morgan fingerprint density at radius 1 is 0.419 bits per heavy atom. The Morgan fingerprint density at radius 2 is 0.785 bits per heavy atom. The third-order valence-electron chi connectivity index (χ3n) is 17.8. The van der Waals surface area contributed by atoms with Crippen molar-refractivity contribution in [2.24, 2.45) is 17.2 Å². The molecule has 3 aliphatic carbocycles. The van der Waals surface area contributed by atoms with Gasteiger partial charge in [-0.1, -0.05) is 156 Å². The summed E-state index contributed by atoms with van der Waals surface area (Å²) in [6, 6.07) is 67.6. The second-order valence-electron chi connectivity index (χ2n) is 25.0. The fourth-order valence-corrected chi connectivity index (χ4v) is 13.4. The van der Waals surface area contributed by atoms with Gasteiger partial charge in [0, 0.05) is 50.5 Å². The summed E-state index contributed by atoms with van der Waals surface area (Å²) < 4.78 is 6.16. The Hall–Kier alpha value is -9.18. The molecule has 13 nitrogen and oxygen atoms in total. The van der Waals surface area contributed by atoms with E-state index in [0.29, 0.717) is 16.7 Å². The van der Waals surface area contributed by atoms with Gasteiger partial charge in [0.2, 0.25) is 0 Å². The molecule has 480 valence electrons. The monoisotopic (exact) mass is 1260 g/mol. The molecule has 3 saturated carbocycles. The summed E-state index contributed by atoms with van der Waals surface area (Å²) in [5.41, 5.74) is 33.1. The fraction of sp³-hybridized carbons (Fsp3) is 0.278. The van der Waals surface area contributed by atoms with E-state index in [1.54, 1.807) is 17.8 Å². The SMILES string of the molecule is Cc1ccc(Cc2ccccc2-c2ccc(C(N)=O)c(NC3CCC(O)CC3)c2)cc1.Cc1ccc(Oc2ccccc2-c2ccc(C(N)=O)c(NC3CCC(O)CC3)c2)cc1.Cc1ccc(Sc2ccccc2-c2ccc(C(N)=O)c(NC3CCC(O)CC3)c2)cc1. The Balaban J connectivity index is 0.000000153. The van der Waals surface area contributed by atoms with Gasteiger partial charge in [0.05, 0.1) is 35.0 Å². The number of nitrogens with two attached hydrogens (primary N) is 3. The van der Waals surface area contributed by atoms with Crippen LogP contribution in [0.1, 0.15) is 136 Å². The number of nitrogens with one attached hydrogen (secondary N) is 3. The highest BCUT2D eigenvalue weighted by atomic mass is 32.2. The lowest BCUT2D eigenvalue weighted by Gasteiger charge is -2.28. The van der Waals surface area contributed by atoms with E-state index in [9.17, 15) is 29.7 Å². The number of anilines is 3. The maximum atomic E-state index is 12.0. The standard InChI is InChI=1S/C27H30N2O2.C26H28N2O3.C26H28N2O2S/c1-18-6-8-19(9-7-18)16-20-4-2-3-5-24(20)21-10-15-25(27(28)31)26(17-21)29-22-11-13-23(30)14-12-22;2*1-17-6-13-21(14-7-17)31-25-5-3-2-4-22(25)18-8-15-23(26(27)30)24(16-18)28-19-9-11-20(29)12-10-19/h2-10,15,17,22-23,29-30H,11-14,16H2,1H3,(H2,28,31);2*2-8,13-16,19-20,28-29H,9-12H2,1H3,(H2,27,30). The van der Waals surface area contributed by atoms with Gasteiger partial charge in [0.15, 0.2) is 0 Å². The molecule has 0 aromatic heterocycles. The van der Waals surface area contributed by atoms with E-state index in [0.717, 1.165) is 150 Å². The van der Waals surface area contributed by atoms with Crippen LogP contribution in [-0.2, 0) is 6.42 Å². The lowest BCUT2D eigenvalue weighted by atomic mass is 9.91. The van der Waals surface area contributed by atoms with E-state index < -0.39 is 17.7 Å². The largest absolute Gasteiger partial charge is 0.457 e. The smallest absolute Gasteiger partial charge is 0.250 e. The highest BCUT2D eigenvalue weighted by Crippen LogP contribution is 2.40. The number of hydrogen-bond donors (Lipinski definition) is 9. The predicted molar refractivity (Wildman–Crippen MR) is 377 cm³/mol. The minimum atomic E-state index is -0.464. The molecular weight excluding hydrogens is 1180 g/mol. The van der Waals surface area contributed by atoms with E-state index in [2.05, 4.69) is 109 Å². The van der Waals surface area contributed by atoms with E-state index in [1.165, 1.54) is 32.7 Å². The van der Waals surface area contributed by atoms with Gasteiger partial charge in [-0.3, -0.25) is 14.4 Å². The topological polar surface area (TPSA) is 235 Å². The first-order valence-corrected chi connectivity index (χ1v) is 33.3. The Kier molecular flexibility index (Phi) is 22.9. The van der Waals surface area contributed by atoms with Crippen molar-refractivity contribution in [3.63, 3.8) is 0 Å². The number of carbonyl (C=O) groups is 3. The van der Waals surface area contributed by atoms with Crippen LogP contribution in [0.3, 0.4) is 0 Å². The van der Waals surface area contributed by atoms with Crippen LogP contribution in [0.5, 0.6) is 11.5 Å². The first-order valence-electron chi connectivity index (χ1n) is 32.5. The number of aliphatic hydroxyl groups is 3. The summed E-state index contributed by atoms with van der Waals surface area (Å²) in [4.78, 5) is 38.4. The molecule has 0 atom stereocenters. The number of benzene rings is 9. The molecule has 0 unspecified atom stereocenters. The lowest BCUT2D eigenvalue weighted by molar-refractivity contribution is 0.0992. The summed E-state index contributed by atoms with van der Waals surface area (Å²) in [5, 5.41) is 39.9. The summed E-state index contributed by atoms with van der Waals surface area (Å²) in [6.07, 6.45) is 10.1. The molecule has 0 bridgehead atoms. The molecule has 0 spiro atoms. The average Bonchev–Trinajstić information content (AvgIpc) is 2.17. The minimum Gasteiger partial charge on any atom is -0.457 e. The summed E-state index contributed by atoms with van der Waals surface area (Å²) in [7, 11) is 0. The zero-order chi connectivity index (χ0) is 65.4. The van der Waals surface area contributed by atoms with Gasteiger partial charge < -0.3 is 53.2 Å². The van der Waals surface area contributed by atoms with Crippen LogP contribution >= 0.6 is 11.8 Å². The van der Waals surface area contributed by atoms with Gasteiger partial charge in [-0.2, -0.15) is 0 Å². The summed E-state index contributed by atoms with van der Waals surface area (Å²) in [6.45, 7) is 6.23. The summed E-state index contributed by atoms with van der Waals surface area (Å²) in [5.74, 6) is 0.176. The Bertz CT molecular complexity index is 3570. The first-order chi connectivity index (χ1) is 45.0. The van der Waals surface area contributed by atoms with Gasteiger partial charge in [0.25, 0.3) is 17.7 Å². The van der Waals surface area contributed by atoms with E-state index in [4.69, 9.17) is 21.9 Å². The van der Waals surface area contributed by atoms with Crippen molar-refractivity contribution in [3.05, 3.63) is 245 Å². The van der Waals surface area contributed by atoms with Crippen molar-refractivity contribution in [3.8, 4) is 44.9 Å². The molecule has 9 aromatic carbocycles. The number of amides is 3. The molecule has 0 heterocycles. The van der Waals surface area contributed by atoms with Gasteiger partial charge in [0.1, 0.15) is 11.5 Å². The van der Waals surface area contributed by atoms with Gasteiger partial charge >= 0.3 is 0 Å². The Labute approximate surface area is 551 Å². The van der Waals surface area contributed by atoms with Crippen molar-refractivity contribution in [1.29, 1.82) is 0 Å². The summed E-state index contributed by atoms with van der Waals surface area (Å²) >= 11 is 1.73. The number of ether oxygens (including phenoxy) is 1. The molecule has 0 aliphatic heterocycles. The fourth-order valence-electron chi connectivity index (χ4n) is 12.4. The minimum absolute atomic E-state index is 0.204. The lowest BCUT2D eigenvalue weighted by Crippen LogP contribution is -2.29. The molecule has 3 amide bonds. The highest BCUT2D eigenvalue weighted by Gasteiger charge is 2.25. The predicted octanol–water partition coefficient (Wildman–Crippen LogP) is 16.0. The number of aryl methyl sites for hydroxylation is 3. The number of carbonyl (C=O) groups excluding carboxylic acids is 3. The van der Waals surface area contributed by atoms with Crippen molar-refractivity contribution in [2.45, 2.75) is 150 Å². The van der Waals surface area contributed by atoms with Gasteiger partial charge in [-0.15, -0.1) is 0 Å². The first kappa shape index (κ1) is 66.7. The second-order valence-corrected chi connectivity index (χ2v) is 26.1. The maximum absolute atomic E-state index is 12.0. The van der Waals surface area contributed by atoms with Crippen molar-refractivity contribution < 1.29 is 34.4 Å². The molecule has 0 radical (unpaired) electrons. The normalized spacial score (nSPS) is 18.5. The number of primary amides is 3. The number of para-hydroxylation sites is 1. The molecule has 12 N–H and O–H groups in total. The van der Waals surface area contributed by atoms with Gasteiger partial charge in [-0.25, -0.2) is 0 Å². The van der Waals surface area contributed by atoms with Crippen LogP contribution in [-0.4, -0.2) is 69.5 Å². The van der Waals surface area contributed by atoms with Crippen LogP contribution in [0.2, 0.25) is 0 Å². The average molecular weight is 1260 g/mol. The van der Waals surface area contributed by atoms with Crippen LogP contribution in [0.4, 0.5) is 17.1 Å². The van der Waals surface area contributed by atoms with E-state index in [-0.39, 0.29) is 36.4 Å². The maximum Gasteiger partial charge on any atom is 0.250 e. The molecule has 3 aliphatic rings. The zero-order valence-corrected chi connectivity index (χ0v) is 54.1. The quantitative estimate of drug-likeness (QED) is 0.0392. The van der Waals surface area contributed by atoms with Crippen LogP contribution in [0.15, 0.2) is 210 Å². The van der Waals surface area contributed by atoms with E-state index in [1.807, 2.05) is 122 Å². The van der Waals surface area contributed by atoms with Crippen LogP contribution in [0, 0.1) is 20.8 Å². The Morgan fingerprint density at radius 3 is 1.24 bits per heavy atom. The molecular formula is C79H86N6O7S. The second kappa shape index (κ2) is 31.9. The third kappa shape index (κ3) is 18.5. The van der Waals surface area contributed by atoms with Crippen molar-refractivity contribution in [2.75, 3.05) is 16.0 Å². The molecule has 93 heavy (non-hydrogen) atoms. The highest BCUT2D eigenvalue weighted by molar-refractivity contribution is 7.99. The van der Waals surface area contributed by atoms with Crippen molar-refractivity contribution >= 4 is 46.5 Å². The zero-order valence-electron chi connectivity index (χ0n) is 53.3. The van der Waals surface area contributed by atoms with Crippen LogP contribution in [0.25, 0.3) is 33.4 Å². The molecule has 12 rings (SSSR count). The number of aliphatic hydroxyl groups excluding tert-OH is 3.